The van der Waals surface area contributed by atoms with Gasteiger partial charge in [-0.15, -0.1) is 0 Å². The fourth-order valence-corrected chi connectivity index (χ4v) is 6.24. The average molecular weight is 423 g/mol. The summed E-state index contributed by atoms with van der Waals surface area (Å²) in [5.41, 5.74) is 1.84. The molecule has 1 aromatic carbocycles. The van der Waals surface area contributed by atoms with Crippen molar-refractivity contribution in [2.75, 3.05) is 37.6 Å². The normalized spacial score (nSPS) is 25.5. The van der Waals surface area contributed by atoms with Crippen LogP contribution in [0.15, 0.2) is 18.2 Å². The van der Waals surface area contributed by atoms with Crippen LogP contribution in [0.2, 0.25) is 0 Å². The highest BCUT2D eigenvalue weighted by atomic mass is 19.4. The van der Waals surface area contributed by atoms with Crippen LogP contribution in [0.3, 0.4) is 0 Å². The second-order valence-electron chi connectivity index (χ2n) is 11.6. The Bertz CT molecular complexity index is 740. The average Bonchev–Trinajstić information content (AvgIpc) is 3.42. The Balaban J connectivity index is 1.61. The number of benzene rings is 1. The molecule has 0 aromatic heterocycles. The summed E-state index contributed by atoms with van der Waals surface area (Å²) < 4.78 is 40.6. The van der Waals surface area contributed by atoms with Crippen molar-refractivity contribution in [3.05, 3.63) is 29.3 Å². The lowest BCUT2D eigenvalue weighted by Crippen LogP contribution is -2.47. The first-order valence-corrected chi connectivity index (χ1v) is 11.6. The van der Waals surface area contributed by atoms with Crippen LogP contribution in [-0.4, -0.2) is 37.6 Å². The molecule has 30 heavy (non-hydrogen) atoms. The largest absolute Gasteiger partial charge is 0.416 e. The second kappa shape index (κ2) is 7.72. The number of hydrogen-bond acceptors (Lipinski definition) is 2. The van der Waals surface area contributed by atoms with Gasteiger partial charge in [0.2, 0.25) is 0 Å². The Morgan fingerprint density at radius 1 is 0.933 bits per heavy atom. The Morgan fingerprint density at radius 2 is 1.53 bits per heavy atom. The minimum Gasteiger partial charge on any atom is -0.369 e. The van der Waals surface area contributed by atoms with E-state index in [1.165, 1.54) is 25.0 Å². The molecule has 1 heterocycles. The molecular weight excluding hydrogens is 385 g/mol. The number of anilines is 1. The number of alkyl halides is 3. The molecular formula is C25H37F3N2. The molecule has 0 amide bonds. The molecule has 5 heteroatoms. The van der Waals surface area contributed by atoms with E-state index in [9.17, 15) is 13.2 Å². The van der Waals surface area contributed by atoms with E-state index in [1.54, 1.807) is 6.07 Å². The van der Waals surface area contributed by atoms with Gasteiger partial charge < -0.3 is 4.90 Å². The number of hydrogen-bond donors (Lipinski definition) is 0. The van der Waals surface area contributed by atoms with E-state index >= 15 is 0 Å². The smallest absolute Gasteiger partial charge is 0.369 e. The van der Waals surface area contributed by atoms with Crippen molar-refractivity contribution in [2.45, 2.75) is 71.9 Å². The Labute approximate surface area is 179 Å². The highest BCUT2D eigenvalue weighted by molar-refractivity contribution is 5.58. The predicted octanol–water partition coefficient (Wildman–Crippen LogP) is 6.56. The maximum Gasteiger partial charge on any atom is 0.416 e. The van der Waals surface area contributed by atoms with Crippen molar-refractivity contribution in [2.24, 2.45) is 16.7 Å². The third-order valence-corrected chi connectivity index (χ3v) is 7.28. The van der Waals surface area contributed by atoms with Crippen LogP contribution in [-0.2, 0) is 6.18 Å². The quantitative estimate of drug-likeness (QED) is 0.542. The number of halogens is 3. The summed E-state index contributed by atoms with van der Waals surface area (Å²) >= 11 is 0. The minimum absolute atomic E-state index is 0.204. The molecule has 0 atom stereocenters. The molecule has 0 bridgehead atoms. The van der Waals surface area contributed by atoms with Crippen molar-refractivity contribution in [3.63, 3.8) is 0 Å². The van der Waals surface area contributed by atoms with E-state index in [2.05, 4.69) is 37.5 Å². The van der Waals surface area contributed by atoms with Gasteiger partial charge in [0.15, 0.2) is 0 Å². The maximum absolute atomic E-state index is 13.5. The molecule has 2 nitrogen and oxygen atoms in total. The SMILES string of the molecule is CC1(C)CC(c2ccc(C(F)(F)F)cc2N2CCN(CC3CC3)CC2)CC(C)(C)C1. The van der Waals surface area contributed by atoms with Crippen LogP contribution in [0, 0.1) is 16.7 Å². The molecule has 3 aliphatic rings. The first kappa shape index (κ1) is 22.0. The Hall–Kier alpha value is -1.23. The number of nitrogens with zero attached hydrogens (tertiary/aromatic N) is 2. The monoisotopic (exact) mass is 422 g/mol. The van der Waals surface area contributed by atoms with Crippen LogP contribution >= 0.6 is 0 Å². The van der Waals surface area contributed by atoms with Gasteiger partial charge in [0, 0.05) is 38.4 Å². The third-order valence-electron chi connectivity index (χ3n) is 7.28. The van der Waals surface area contributed by atoms with E-state index in [4.69, 9.17) is 0 Å². The van der Waals surface area contributed by atoms with E-state index in [0.717, 1.165) is 69.2 Å². The fourth-order valence-electron chi connectivity index (χ4n) is 6.24. The second-order valence-corrected chi connectivity index (χ2v) is 11.6. The highest BCUT2D eigenvalue weighted by Gasteiger charge is 2.41. The van der Waals surface area contributed by atoms with Crippen molar-refractivity contribution >= 4 is 5.69 Å². The summed E-state index contributed by atoms with van der Waals surface area (Å²) in [4.78, 5) is 4.72. The zero-order chi connectivity index (χ0) is 21.7. The van der Waals surface area contributed by atoms with Gasteiger partial charge in [-0.1, -0.05) is 33.8 Å². The van der Waals surface area contributed by atoms with Crippen molar-refractivity contribution in [1.29, 1.82) is 0 Å². The summed E-state index contributed by atoms with van der Waals surface area (Å²) in [5.74, 6) is 1.16. The van der Waals surface area contributed by atoms with Crippen LogP contribution in [0.4, 0.5) is 18.9 Å². The first-order chi connectivity index (χ1) is 13.9. The zero-order valence-electron chi connectivity index (χ0n) is 19.0. The van der Waals surface area contributed by atoms with Gasteiger partial charge in [0.05, 0.1) is 5.56 Å². The predicted molar refractivity (Wildman–Crippen MR) is 117 cm³/mol. The van der Waals surface area contributed by atoms with Crippen molar-refractivity contribution in [1.82, 2.24) is 4.90 Å². The third kappa shape index (κ3) is 5.15. The molecule has 2 saturated carbocycles. The van der Waals surface area contributed by atoms with Gasteiger partial charge in [-0.2, -0.15) is 13.2 Å². The van der Waals surface area contributed by atoms with E-state index in [0.29, 0.717) is 5.92 Å². The molecule has 0 spiro atoms. The summed E-state index contributed by atoms with van der Waals surface area (Å²) in [6.45, 7) is 13.9. The lowest BCUT2D eigenvalue weighted by atomic mass is 9.60. The Kier molecular flexibility index (Phi) is 5.66. The lowest BCUT2D eigenvalue weighted by molar-refractivity contribution is -0.137. The molecule has 0 N–H and O–H groups in total. The molecule has 3 fully saturated rings. The summed E-state index contributed by atoms with van der Waals surface area (Å²) in [5, 5.41) is 0. The maximum atomic E-state index is 13.5. The van der Waals surface area contributed by atoms with Crippen molar-refractivity contribution in [3.8, 4) is 0 Å². The Morgan fingerprint density at radius 3 is 2.07 bits per heavy atom. The first-order valence-electron chi connectivity index (χ1n) is 11.6. The molecule has 1 aliphatic heterocycles. The molecule has 2 aliphatic carbocycles. The number of piperazine rings is 1. The molecule has 4 rings (SSSR count). The van der Waals surface area contributed by atoms with Gasteiger partial charge in [-0.3, -0.25) is 4.90 Å². The number of rotatable bonds is 4. The molecule has 0 unspecified atom stereocenters. The van der Waals surface area contributed by atoms with Crippen LogP contribution in [0.1, 0.15) is 76.8 Å². The van der Waals surface area contributed by atoms with Crippen LogP contribution in [0.5, 0.6) is 0 Å². The molecule has 0 radical (unpaired) electrons. The van der Waals surface area contributed by atoms with Gasteiger partial charge in [-0.25, -0.2) is 0 Å². The summed E-state index contributed by atoms with van der Waals surface area (Å²) in [7, 11) is 0. The topological polar surface area (TPSA) is 6.48 Å². The highest BCUT2D eigenvalue weighted by Crippen LogP contribution is 2.53. The lowest BCUT2D eigenvalue weighted by Gasteiger charge is -2.46. The summed E-state index contributed by atoms with van der Waals surface area (Å²) in [6.07, 6.45) is 1.61. The van der Waals surface area contributed by atoms with Gasteiger partial charge in [-0.05, 0) is 72.5 Å². The fraction of sp³-hybridized carbons (Fsp3) is 0.760. The minimum atomic E-state index is -4.30. The molecule has 1 aromatic rings. The molecule has 168 valence electrons. The standard InChI is InChI=1S/C25H37F3N2/c1-23(2)14-19(15-24(3,4)17-23)21-8-7-20(25(26,27)28)13-22(21)30-11-9-29(10-12-30)16-18-5-6-18/h7-8,13,18-19H,5-6,9-12,14-17H2,1-4H3. The van der Waals surface area contributed by atoms with E-state index in [1.807, 2.05) is 0 Å². The van der Waals surface area contributed by atoms with Crippen LogP contribution in [0.25, 0.3) is 0 Å². The van der Waals surface area contributed by atoms with Gasteiger partial charge in [0.1, 0.15) is 0 Å². The van der Waals surface area contributed by atoms with E-state index in [-0.39, 0.29) is 10.8 Å². The van der Waals surface area contributed by atoms with Gasteiger partial charge >= 0.3 is 6.18 Å². The zero-order valence-corrected chi connectivity index (χ0v) is 19.0. The summed E-state index contributed by atoms with van der Waals surface area (Å²) in [6, 6.07) is 4.52. The van der Waals surface area contributed by atoms with Crippen molar-refractivity contribution < 1.29 is 13.2 Å². The molecule has 1 saturated heterocycles. The van der Waals surface area contributed by atoms with E-state index < -0.39 is 11.7 Å². The van der Waals surface area contributed by atoms with Gasteiger partial charge in [0.25, 0.3) is 0 Å². The van der Waals surface area contributed by atoms with Crippen LogP contribution < -0.4 is 4.90 Å².